The number of ether oxygens (including phenoxy) is 2. The lowest BCUT2D eigenvalue weighted by atomic mass is 10.3. The molecule has 0 aromatic rings. The molecule has 1 heterocycles. The minimum absolute atomic E-state index is 0.0885. The molecule has 1 saturated heterocycles. The van der Waals surface area contributed by atoms with Crippen LogP contribution in [0.1, 0.15) is 26.2 Å². The van der Waals surface area contributed by atoms with E-state index in [0.29, 0.717) is 6.10 Å². The third-order valence-electron chi connectivity index (χ3n) is 2.16. The van der Waals surface area contributed by atoms with Crippen LogP contribution in [0.25, 0.3) is 0 Å². The van der Waals surface area contributed by atoms with Gasteiger partial charge in [-0.05, 0) is 19.8 Å². The van der Waals surface area contributed by atoms with Gasteiger partial charge < -0.3 is 9.47 Å². The lowest BCUT2D eigenvalue weighted by Crippen LogP contribution is -2.14. The van der Waals surface area contributed by atoms with E-state index in [1.807, 2.05) is 6.92 Å². The minimum atomic E-state index is -0.0885. The molecule has 2 rings (SSSR count). The van der Waals surface area contributed by atoms with Crippen molar-refractivity contribution in [3.63, 3.8) is 0 Å². The fraction of sp³-hybridized carbons (Fsp3) is 1.00. The predicted octanol–water partition coefficient (Wildman–Crippen LogP) is 1.30. The minimum Gasteiger partial charge on any atom is -0.348 e. The molecule has 1 aliphatic carbocycles. The lowest BCUT2D eigenvalue weighted by molar-refractivity contribution is -0.0415. The number of rotatable bonds is 2. The van der Waals surface area contributed by atoms with Gasteiger partial charge >= 0.3 is 0 Å². The van der Waals surface area contributed by atoms with Gasteiger partial charge in [0, 0.05) is 13.0 Å². The van der Waals surface area contributed by atoms with Crippen LogP contribution >= 0.6 is 0 Å². The van der Waals surface area contributed by atoms with Crippen LogP contribution in [0.3, 0.4) is 0 Å². The molecule has 0 radical (unpaired) electrons. The van der Waals surface area contributed by atoms with Crippen molar-refractivity contribution >= 4 is 0 Å². The van der Waals surface area contributed by atoms with E-state index in [-0.39, 0.29) is 5.79 Å². The summed E-state index contributed by atoms with van der Waals surface area (Å²) in [6.07, 6.45) is 4.06. The molecule has 2 unspecified atom stereocenters. The Balaban J connectivity index is 1.95. The second kappa shape index (κ2) is 1.70. The first-order valence-electron chi connectivity index (χ1n) is 3.69. The van der Waals surface area contributed by atoms with E-state index < -0.39 is 0 Å². The molecule has 0 spiro atoms. The van der Waals surface area contributed by atoms with Gasteiger partial charge in [-0.25, -0.2) is 0 Å². The van der Waals surface area contributed by atoms with Gasteiger partial charge in [0.15, 0.2) is 5.79 Å². The molecule has 0 bridgehead atoms. The summed E-state index contributed by atoms with van der Waals surface area (Å²) in [4.78, 5) is 0. The van der Waals surface area contributed by atoms with Gasteiger partial charge in [-0.3, -0.25) is 0 Å². The van der Waals surface area contributed by atoms with Crippen LogP contribution in [-0.2, 0) is 9.47 Å². The van der Waals surface area contributed by atoms with Gasteiger partial charge in [-0.15, -0.1) is 0 Å². The third kappa shape index (κ3) is 0.700. The van der Waals surface area contributed by atoms with Gasteiger partial charge in [0.2, 0.25) is 0 Å². The topological polar surface area (TPSA) is 21.8 Å². The first kappa shape index (κ1) is 5.69. The average Bonchev–Trinajstić information content (AvgIpc) is 2.37. The van der Waals surface area contributed by atoms with Crippen LogP contribution in [0.15, 0.2) is 0 Å². The highest BCUT2D eigenvalue weighted by Gasteiger charge is 2.60. The Hall–Kier alpha value is -0.0800. The molecule has 2 nitrogen and oxygen atoms in total. The third-order valence-corrected chi connectivity index (χ3v) is 2.16. The fourth-order valence-corrected chi connectivity index (χ4v) is 1.68. The Morgan fingerprint density at radius 2 is 2.67 bits per heavy atom. The first-order chi connectivity index (χ1) is 4.37. The van der Waals surface area contributed by atoms with Crippen molar-refractivity contribution < 1.29 is 9.47 Å². The van der Waals surface area contributed by atoms with Crippen molar-refractivity contribution in [2.24, 2.45) is 0 Å². The molecule has 2 heteroatoms. The summed E-state index contributed by atoms with van der Waals surface area (Å²) < 4.78 is 10.8. The number of hydrogen-bond donors (Lipinski definition) is 0. The monoisotopic (exact) mass is 128 g/mol. The molecule has 2 fully saturated rings. The Morgan fingerprint density at radius 3 is 3.11 bits per heavy atom. The molecular weight excluding hydrogens is 116 g/mol. The molecular formula is C7H12O2. The van der Waals surface area contributed by atoms with E-state index in [1.54, 1.807) is 0 Å². The van der Waals surface area contributed by atoms with E-state index in [2.05, 4.69) is 0 Å². The molecule has 0 N–H and O–H groups in total. The van der Waals surface area contributed by atoms with Crippen LogP contribution < -0.4 is 0 Å². The van der Waals surface area contributed by atoms with Crippen LogP contribution in [-0.4, -0.2) is 18.5 Å². The second-order valence-electron chi connectivity index (χ2n) is 2.74. The van der Waals surface area contributed by atoms with E-state index in [1.165, 1.54) is 12.8 Å². The van der Waals surface area contributed by atoms with Gasteiger partial charge in [0.1, 0.15) is 6.10 Å². The number of epoxide rings is 1. The standard InChI is InChI=1S/C7H12O2/c1-2-8-7-5-3-4-6(7)9-7/h6H,2-5H2,1H3. The van der Waals surface area contributed by atoms with Crippen molar-refractivity contribution in [2.45, 2.75) is 38.1 Å². The van der Waals surface area contributed by atoms with Crippen molar-refractivity contribution in [1.82, 2.24) is 0 Å². The number of hydrogen-bond acceptors (Lipinski definition) is 2. The Bertz CT molecular complexity index is 124. The Kier molecular flexibility index (Phi) is 1.08. The molecule has 1 saturated carbocycles. The largest absolute Gasteiger partial charge is 0.348 e. The highest BCUT2D eigenvalue weighted by molar-refractivity contribution is 5.00. The summed E-state index contributed by atoms with van der Waals surface area (Å²) in [5, 5.41) is 0. The summed E-state index contributed by atoms with van der Waals surface area (Å²) in [7, 11) is 0. The Labute approximate surface area is 55.1 Å². The first-order valence-corrected chi connectivity index (χ1v) is 3.69. The second-order valence-corrected chi connectivity index (χ2v) is 2.74. The molecule has 52 valence electrons. The van der Waals surface area contributed by atoms with E-state index in [4.69, 9.17) is 9.47 Å². The molecule has 0 amide bonds. The van der Waals surface area contributed by atoms with Crippen LogP contribution in [0.5, 0.6) is 0 Å². The normalized spacial score (nSPS) is 47.0. The van der Waals surface area contributed by atoms with Crippen LogP contribution in [0, 0.1) is 0 Å². The molecule has 2 aliphatic rings. The lowest BCUT2D eigenvalue weighted by Gasteiger charge is -2.06. The highest BCUT2D eigenvalue weighted by Crippen LogP contribution is 2.50. The van der Waals surface area contributed by atoms with Gasteiger partial charge in [-0.1, -0.05) is 0 Å². The summed E-state index contributed by atoms with van der Waals surface area (Å²) in [5.41, 5.74) is 0. The molecule has 2 atom stereocenters. The smallest absolute Gasteiger partial charge is 0.195 e. The zero-order chi connectivity index (χ0) is 6.32. The van der Waals surface area contributed by atoms with Crippen LogP contribution in [0.4, 0.5) is 0 Å². The Morgan fingerprint density at radius 1 is 1.78 bits per heavy atom. The predicted molar refractivity (Wildman–Crippen MR) is 33.1 cm³/mol. The summed E-state index contributed by atoms with van der Waals surface area (Å²) in [6.45, 7) is 2.81. The van der Waals surface area contributed by atoms with Crippen molar-refractivity contribution in [3.8, 4) is 0 Å². The molecule has 0 aromatic carbocycles. The van der Waals surface area contributed by atoms with Gasteiger partial charge in [-0.2, -0.15) is 0 Å². The van der Waals surface area contributed by atoms with Crippen molar-refractivity contribution in [2.75, 3.05) is 6.61 Å². The summed E-state index contributed by atoms with van der Waals surface area (Å²) in [6, 6.07) is 0. The van der Waals surface area contributed by atoms with Gasteiger partial charge in [0.25, 0.3) is 0 Å². The van der Waals surface area contributed by atoms with Crippen molar-refractivity contribution in [3.05, 3.63) is 0 Å². The van der Waals surface area contributed by atoms with Crippen LogP contribution in [0.2, 0.25) is 0 Å². The zero-order valence-electron chi connectivity index (χ0n) is 5.72. The maximum Gasteiger partial charge on any atom is 0.195 e. The average molecular weight is 128 g/mol. The molecule has 1 aliphatic heterocycles. The van der Waals surface area contributed by atoms with Crippen molar-refractivity contribution in [1.29, 1.82) is 0 Å². The SMILES string of the molecule is CCOC12CCCC1O2. The highest BCUT2D eigenvalue weighted by atomic mass is 16.8. The maximum atomic E-state index is 5.44. The molecule has 9 heavy (non-hydrogen) atoms. The summed E-state index contributed by atoms with van der Waals surface area (Å²) >= 11 is 0. The van der Waals surface area contributed by atoms with E-state index in [9.17, 15) is 0 Å². The quantitative estimate of drug-likeness (QED) is 0.523. The number of fused-ring (bicyclic) bond motifs is 1. The van der Waals surface area contributed by atoms with E-state index in [0.717, 1.165) is 13.0 Å². The van der Waals surface area contributed by atoms with Gasteiger partial charge in [0.05, 0.1) is 0 Å². The zero-order valence-corrected chi connectivity index (χ0v) is 5.72. The summed E-state index contributed by atoms with van der Waals surface area (Å²) in [5.74, 6) is -0.0885. The fourth-order valence-electron chi connectivity index (χ4n) is 1.68. The molecule has 0 aromatic heterocycles. The maximum absolute atomic E-state index is 5.44. The van der Waals surface area contributed by atoms with E-state index >= 15 is 0 Å².